The molecule has 2 aromatic rings. The second kappa shape index (κ2) is 10.7. The standard InChI is InChI=1S/C26H34FN3O5S/c1-16(2)23-21(13-12-19-14-20(15-22(31)32)35-26(3,4)34-19)24(17-8-10-18(27)11-9-17)29-25(28-23)30(5)36(6,7)33/h8-13,16,19-20H,6,14-15H2,1-5,7H3,(H,31,32)/b13-12+. The maximum atomic E-state index is 13.7. The summed E-state index contributed by atoms with van der Waals surface area (Å²) in [5.41, 5.74) is 2.63. The number of ether oxygens (including phenoxy) is 2. The van der Waals surface area contributed by atoms with Crippen LogP contribution < -0.4 is 4.31 Å². The van der Waals surface area contributed by atoms with Crippen LogP contribution in [0.4, 0.5) is 10.3 Å². The minimum absolute atomic E-state index is 0.0245. The highest BCUT2D eigenvalue weighted by molar-refractivity contribution is 8.00. The molecule has 8 nitrogen and oxygen atoms in total. The summed E-state index contributed by atoms with van der Waals surface area (Å²) in [5.74, 6) is 1.70. The van der Waals surface area contributed by atoms with Gasteiger partial charge in [-0.1, -0.05) is 26.0 Å². The van der Waals surface area contributed by atoms with Crippen molar-refractivity contribution in [2.75, 3.05) is 17.6 Å². The first-order valence-corrected chi connectivity index (χ1v) is 13.7. The van der Waals surface area contributed by atoms with Crippen LogP contribution in [0.25, 0.3) is 17.3 Å². The topological polar surface area (TPSA) is 102 Å². The van der Waals surface area contributed by atoms with E-state index in [9.17, 15) is 18.5 Å². The van der Waals surface area contributed by atoms with Gasteiger partial charge in [-0.15, -0.1) is 0 Å². The molecule has 1 aromatic heterocycles. The molecule has 196 valence electrons. The van der Waals surface area contributed by atoms with E-state index in [4.69, 9.17) is 19.4 Å². The molecule has 36 heavy (non-hydrogen) atoms. The molecule has 0 saturated carbocycles. The Bertz CT molecular complexity index is 1240. The van der Waals surface area contributed by atoms with Crippen molar-refractivity contribution in [2.45, 2.75) is 64.4 Å². The van der Waals surface area contributed by atoms with Crippen molar-refractivity contribution >= 4 is 33.6 Å². The molecule has 2 heterocycles. The average molecular weight is 520 g/mol. The molecule has 1 N–H and O–H groups in total. The molecule has 3 unspecified atom stereocenters. The molecule has 0 aliphatic carbocycles. The van der Waals surface area contributed by atoms with E-state index in [0.29, 0.717) is 28.9 Å². The molecule has 3 rings (SSSR count). The van der Waals surface area contributed by atoms with Gasteiger partial charge in [0.1, 0.15) is 5.82 Å². The first kappa shape index (κ1) is 27.8. The minimum atomic E-state index is -2.63. The van der Waals surface area contributed by atoms with Crippen LogP contribution in [0.5, 0.6) is 0 Å². The van der Waals surface area contributed by atoms with Gasteiger partial charge in [0.25, 0.3) is 0 Å². The highest BCUT2D eigenvalue weighted by atomic mass is 32.2. The van der Waals surface area contributed by atoms with Crippen molar-refractivity contribution in [1.29, 1.82) is 0 Å². The van der Waals surface area contributed by atoms with E-state index in [1.54, 1.807) is 33.0 Å². The second-order valence-corrected chi connectivity index (χ2v) is 12.2. The van der Waals surface area contributed by atoms with E-state index in [1.165, 1.54) is 22.7 Å². The van der Waals surface area contributed by atoms with Gasteiger partial charge in [-0.25, -0.2) is 18.6 Å². The first-order chi connectivity index (χ1) is 16.7. The van der Waals surface area contributed by atoms with Crippen LogP contribution in [0, 0.1) is 5.82 Å². The summed E-state index contributed by atoms with van der Waals surface area (Å²) < 4.78 is 39.6. The normalized spacial score (nSPS) is 21.4. The van der Waals surface area contributed by atoms with Gasteiger partial charge in [-0.3, -0.25) is 9.10 Å². The summed E-state index contributed by atoms with van der Waals surface area (Å²) in [6, 6.07) is 5.98. The number of aromatic nitrogens is 2. The van der Waals surface area contributed by atoms with Crippen LogP contribution in [-0.4, -0.2) is 62.4 Å². The quantitative estimate of drug-likeness (QED) is 0.512. The summed E-state index contributed by atoms with van der Waals surface area (Å²) in [7, 11) is -1.00. The van der Waals surface area contributed by atoms with E-state index < -0.39 is 33.7 Å². The van der Waals surface area contributed by atoms with Gasteiger partial charge in [0.05, 0.1) is 30.0 Å². The lowest BCUT2D eigenvalue weighted by Crippen LogP contribution is -2.44. The summed E-state index contributed by atoms with van der Waals surface area (Å²) in [4.78, 5) is 20.7. The molecule has 0 bridgehead atoms. The number of carboxylic acid groups (broad SMARTS) is 1. The predicted octanol–water partition coefficient (Wildman–Crippen LogP) is 4.50. The number of aliphatic carboxylic acids is 1. The van der Waals surface area contributed by atoms with Gasteiger partial charge in [0, 0.05) is 40.6 Å². The van der Waals surface area contributed by atoms with E-state index in [-0.39, 0.29) is 24.1 Å². The lowest BCUT2D eigenvalue weighted by Gasteiger charge is -2.39. The zero-order valence-electron chi connectivity index (χ0n) is 21.5. The first-order valence-electron chi connectivity index (χ1n) is 11.7. The number of benzene rings is 1. The molecular weight excluding hydrogens is 485 g/mol. The van der Waals surface area contributed by atoms with Crippen LogP contribution in [-0.2, 0) is 24.0 Å². The SMILES string of the molecule is C=S(C)(=O)N(C)c1nc(-c2ccc(F)cc2)c(/C=C/C2CC(CC(=O)O)OC(C)(C)O2)c(C(C)C)n1. The van der Waals surface area contributed by atoms with Crippen LogP contribution in [0.2, 0.25) is 0 Å². The van der Waals surface area contributed by atoms with Gasteiger partial charge in [-0.05, 0) is 49.9 Å². The fraction of sp³-hybridized carbons (Fsp3) is 0.462. The van der Waals surface area contributed by atoms with Gasteiger partial charge < -0.3 is 14.6 Å². The fourth-order valence-corrected chi connectivity index (χ4v) is 4.44. The average Bonchev–Trinajstić information content (AvgIpc) is 2.75. The predicted molar refractivity (Wildman–Crippen MR) is 141 cm³/mol. The van der Waals surface area contributed by atoms with Crippen molar-refractivity contribution in [2.24, 2.45) is 0 Å². The Morgan fingerprint density at radius 2 is 1.94 bits per heavy atom. The van der Waals surface area contributed by atoms with Gasteiger partial charge in [0.2, 0.25) is 5.95 Å². The number of rotatable bonds is 8. The van der Waals surface area contributed by atoms with E-state index in [2.05, 4.69) is 5.87 Å². The van der Waals surface area contributed by atoms with Crippen molar-refractivity contribution in [3.8, 4) is 11.3 Å². The van der Waals surface area contributed by atoms with Gasteiger partial charge in [0.15, 0.2) is 5.79 Å². The third-order valence-corrected chi connectivity index (χ3v) is 7.07. The molecule has 1 aliphatic rings. The number of carboxylic acids is 1. The zero-order valence-corrected chi connectivity index (χ0v) is 22.3. The highest BCUT2D eigenvalue weighted by Crippen LogP contribution is 2.33. The Kier molecular flexibility index (Phi) is 8.22. The lowest BCUT2D eigenvalue weighted by atomic mass is 9.97. The molecule has 10 heteroatoms. The lowest BCUT2D eigenvalue weighted by molar-refractivity contribution is -0.290. The summed E-state index contributed by atoms with van der Waals surface area (Å²) in [6.45, 7) is 7.48. The van der Waals surface area contributed by atoms with Crippen LogP contribution in [0.1, 0.15) is 57.7 Å². The summed E-state index contributed by atoms with van der Waals surface area (Å²) in [6.07, 6.45) is 4.56. The molecule has 0 radical (unpaired) electrons. The Balaban J connectivity index is 2.13. The smallest absolute Gasteiger partial charge is 0.305 e. The third-order valence-electron chi connectivity index (χ3n) is 5.75. The van der Waals surface area contributed by atoms with Gasteiger partial charge >= 0.3 is 5.97 Å². The van der Waals surface area contributed by atoms with Crippen molar-refractivity contribution in [1.82, 2.24) is 9.97 Å². The summed E-state index contributed by atoms with van der Waals surface area (Å²) >= 11 is 0. The largest absolute Gasteiger partial charge is 0.481 e. The highest BCUT2D eigenvalue weighted by Gasteiger charge is 2.35. The maximum absolute atomic E-state index is 13.7. The number of anilines is 1. The maximum Gasteiger partial charge on any atom is 0.305 e. The molecule has 1 fully saturated rings. The molecule has 1 aliphatic heterocycles. The van der Waals surface area contributed by atoms with E-state index in [1.807, 2.05) is 26.0 Å². The molecule has 0 spiro atoms. The Hall–Kier alpha value is -2.82. The monoisotopic (exact) mass is 519 g/mol. The molecule has 1 aromatic carbocycles. The number of halogens is 1. The fourth-order valence-electron chi connectivity index (χ4n) is 4.01. The van der Waals surface area contributed by atoms with Crippen molar-refractivity contribution < 1.29 is 28.0 Å². The number of hydrogen-bond donors (Lipinski definition) is 1. The van der Waals surface area contributed by atoms with Crippen LogP contribution in [0.15, 0.2) is 30.3 Å². The number of hydrogen-bond acceptors (Lipinski definition) is 6. The third kappa shape index (κ3) is 6.89. The van der Waals surface area contributed by atoms with Gasteiger partial charge in [-0.2, -0.15) is 0 Å². The molecular formula is C26H34FN3O5S. The van der Waals surface area contributed by atoms with Crippen molar-refractivity contribution in [3.05, 3.63) is 47.4 Å². The van der Waals surface area contributed by atoms with Crippen LogP contribution >= 0.6 is 0 Å². The summed E-state index contributed by atoms with van der Waals surface area (Å²) in [5, 5.41) is 9.23. The van der Waals surface area contributed by atoms with Crippen LogP contribution in [0.3, 0.4) is 0 Å². The zero-order chi connectivity index (χ0) is 26.8. The van der Waals surface area contributed by atoms with E-state index >= 15 is 0 Å². The van der Waals surface area contributed by atoms with E-state index in [0.717, 1.165) is 0 Å². The van der Waals surface area contributed by atoms with Crippen molar-refractivity contribution in [3.63, 3.8) is 0 Å². The Morgan fingerprint density at radius 3 is 2.50 bits per heavy atom. The number of carbonyl (C=O) groups is 1. The Morgan fingerprint density at radius 1 is 1.31 bits per heavy atom. The molecule has 0 amide bonds. The minimum Gasteiger partial charge on any atom is -0.481 e. The Labute approximate surface area is 212 Å². The second-order valence-electron chi connectivity index (χ2n) is 9.78. The molecule has 3 atom stereocenters. The number of nitrogens with zero attached hydrogens (tertiary/aromatic N) is 3. The molecule has 1 saturated heterocycles.